The summed E-state index contributed by atoms with van der Waals surface area (Å²) in [6.45, 7) is 3.82. The van der Waals surface area contributed by atoms with E-state index < -0.39 is 11.9 Å². The highest BCUT2D eigenvalue weighted by atomic mass is 16.5. The van der Waals surface area contributed by atoms with Crippen molar-refractivity contribution in [3.05, 3.63) is 82.2 Å². The fourth-order valence-electron chi connectivity index (χ4n) is 4.67. The number of allylic oxidation sites excluding steroid dienone is 3. The molecule has 2 aromatic rings. The second kappa shape index (κ2) is 8.91. The lowest BCUT2D eigenvalue weighted by Crippen LogP contribution is -2.36. The lowest BCUT2D eigenvalue weighted by molar-refractivity contribution is -0.138. The molecule has 0 saturated carbocycles. The molecule has 2 N–H and O–H groups in total. The summed E-state index contributed by atoms with van der Waals surface area (Å²) < 4.78 is 10.6. The van der Waals surface area contributed by atoms with Gasteiger partial charge in [0, 0.05) is 29.3 Å². The number of carbonyl (C=O) groups excluding carboxylic acids is 2. The molecule has 1 aliphatic heterocycles. The number of Topliss-reactive ketones (excluding diaryl/α,β-unsaturated/α-hetero) is 1. The second-order valence-electron chi connectivity index (χ2n) is 8.11. The molecule has 6 nitrogen and oxygen atoms in total. The Morgan fingerprint density at radius 3 is 2.53 bits per heavy atom. The Labute approximate surface area is 187 Å². The third-order valence-electron chi connectivity index (χ3n) is 6.11. The summed E-state index contributed by atoms with van der Waals surface area (Å²) in [5, 5.41) is 13.4. The molecule has 0 fully saturated rings. The molecule has 32 heavy (non-hydrogen) atoms. The van der Waals surface area contributed by atoms with Crippen LogP contribution in [0.5, 0.6) is 11.5 Å². The van der Waals surface area contributed by atoms with Gasteiger partial charge in [-0.05, 0) is 61.6 Å². The van der Waals surface area contributed by atoms with E-state index in [1.165, 1.54) is 0 Å². The molecule has 0 amide bonds. The van der Waals surface area contributed by atoms with Crippen molar-refractivity contribution >= 4 is 11.8 Å². The van der Waals surface area contributed by atoms with E-state index in [4.69, 9.17) is 9.47 Å². The number of hydrogen-bond acceptors (Lipinski definition) is 6. The van der Waals surface area contributed by atoms with Crippen molar-refractivity contribution in [2.45, 2.75) is 38.5 Å². The molecular formula is C26H27NO5. The van der Waals surface area contributed by atoms with Crippen molar-refractivity contribution in [1.82, 2.24) is 5.32 Å². The standard InChI is InChI=1S/C26H27NO5/c1-4-32-26(30)23-15(2)27-21-13-18(16-8-10-20(31-3)11-9-16)14-22(29)25(21)24(23)17-6-5-7-19(28)12-17/h5-12,18,24,27-28H,4,13-14H2,1-3H3/t18-,24-/m1/s1. The molecule has 1 aliphatic carbocycles. The zero-order valence-corrected chi connectivity index (χ0v) is 18.5. The third kappa shape index (κ3) is 4.00. The van der Waals surface area contributed by atoms with Gasteiger partial charge < -0.3 is 19.9 Å². The van der Waals surface area contributed by atoms with Gasteiger partial charge in [-0.25, -0.2) is 4.79 Å². The minimum absolute atomic E-state index is 0.0118. The van der Waals surface area contributed by atoms with Crippen molar-refractivity contribution < 1.29 is 24.2 Å². The van der Waals surface area contributed by atoms with E-state index in [2.05, 4.69) is 5.32 Å². The number of aromatic hydroxyl groups is 1. The SMILES string of the molecule is CCOC(=O)C1=C(C)NC2=C(C(=O)C[C@H](c3ccc(OC)cc3)C2)[C@@H]1c1cccc(O)c1. The van der Waals surface area contributed by atoms with Gasteiger partial charge in [0.05, 0.1) is 19.3 Å². The normalized spacial score (nSPS) is 20.5. The summed E-state index contributed by atoms with van der Waals surface area (Å²) in [5.74, 6) is -0.162. The number of esters is 1. The lowest BCUT2D eigenvalue weighted by atomic mass is 9.71. The Bertz CT molecular complexity index is 1110. The molecule has 2 aromatic carbocycles. The number of dihydropyridines is 1. The molecule has 2 aliphatic rings. The van der Waals surface area contributed by atoms with Crippen LogP contribution in [0.3, 0.4) is 0 Å². The van der Waals surface area contributed by atoms with Crippen LogP contribution < -0.4 is 10.1 Å². The molecule has 0 spiro atoms. The van der Waals surface area contributed by atoms with Crippen LogP contribution in [0.1, 0.15) is 49.7 Å². The summed E-state index contributed by atoms with van der Waals surface area (Å²) in [6.07, 6.45) is 0.994. The quantitative estimate of drug-likeness (QED) is 0.683. The van der Waals surface area contributed by atoms with Gasteiger partial charge in [0.2, 0.25) is 0 Å². The molecule has 1 heterocycles. The first-order chi connectivity index (χ1) is 15.4. The number of nitrogens with one attached hydrogen (secondary N) is 1. The number of ether oxygens (including phenoxy) is 2. The number of rotatable bonds is 5. The van der Waals surface area contributed by atoms with Crippen LogP contribution in [0.4, 0.5) is 0 Å². The fraction of sp³-hybridized carbons (Fsp3) is 0.308. The van der Waals surface area contributed by atoms with E-state index >= 15 is 0 Å². The van der Waals surface area contributed by atoms with Gasteiger partial charge in [0.15, 0.2) is 5.78 Å². The molecule has 0 bridgehead atoms. The minimum Gasteiger partial charge on any atom is -0.508 e. The molecule has 0 saturated heterocycles. The van der Waals surface area contributed by atoms with Gasteiger partial charge in [-0.3, -0.25) is 4.79 Å². The van der Waals surface area contributed by atoms with Crippen LogP contribution in [0.2, 0.25) is 0 Å². The van der Waals surface area contributed by atoms with Crippen LogP contribution in [0.15, 0.2) is 71.1 Å². The summed E-state index contributed by atoms with van der Waals surface area (Å²) in [7, 11) is 1.62. The molecule has 0 unspecified atom stereocenters. The molecule has 0 radical (unpaired) electrons. The molecule has 4 rings (SSSR count). The number of benzene rings is 2. The average molecular weight is 434 g/mol. The first-order valence-electron chi connectivity index (χ1n) is 10.8. The number of phenols is 1. The first-order valence-corrected chi connectivity index (χ1v) is 10.8. The van der Waals surface area contributed by atoms with Gasteiger partial charge >= 0.3 is 5.97 Å². The highest BCUT2D eigenvalue weighted by molar-refractivity contribution is 6.04. The minimum atomic E-state index is -0.582. The smallest absolute Gasteiger partial charge is 0.336 e. The molecule has 6 heteroatoms. The van der Waals surface area contributed by atoms with Gasteiger partial charge in [-0.15, -0.1) is 0 Å². The molecule has 2 atom stereocenters. The maximum absolute atomic E-state index is 13.5. The van der Waals surface area contributed by atoms with Crippen LogP contribution >= 0.6 is 0 Å². The van der Waals surface area contributed by atoms with Crippen LogP contribution in [0, 0.1) is 0 Å². The number of carbonyl (C=O) groups is 2. The molecule has 0 aromatic heterocycles. The van der Waals surface area contributed by atoms with Gasteiger partial charge in [0.1, 0.15) is 11.5 Å². The van der Waals surface area contributed by atoms with Crippen molar-refractivity contribution in [3.8, 4) is 11.5 Å². The Balaban J connectivity index is 1.77. The number of ketones is 1. The second-order valence-corrected chi connectivity index (χ2v) is 8.11. The van der Waals surface area contributed by atoms with E-state index in [9.17, 15) is 14.7 Å². The summed E-state index contributed by atoms with van der Waals surface area (Å²) in [4.78, 5) is 26.4. The fourth-order valence-corrected chi connectivity index (χ4v) is 4.67. The van der Waals surface area contributed by atoms with Crippen molar-refractivity contribution in [2.24, 2.45) is 0 Å². The van der Waals surface area contributed by atoms with Crippen molar-refractivity contribution in [3.63, 3.8) is 0 Å². The summed E-state index contributed by atoms with van der Waals surface area (Å²) in [5.41, 5.74) is 4.23. The zero-order chi connectivity index (χ0) is 22.8. The summed E-state index contributed by atoms with van der Waals surface area (Å²) in [6, 6.07) is 14.5. The topological polar surface area (TPSA) is 84.9 Å². The molecule has 166 valence electrons. The Morgan fingerprint density at radius 1 is 1.12 bits per heavy atom. The van der Waals surface area contributed by atoms with Crippen LogP contribution in [0.25, 0.3) is 0 Å². The van der Waals surface area contributed by atoms with Crippen molar-refractivity contribution in [1.29, 1.82) is 0 Å². The van der Waals surface area contributed by atoms with E-state index in [1.54, 1.807) is 32.2 Å². The predicted octanol–water partition coefficient (Wildman–Crippen LogP) is 4.33. The number of methoxy groups -OCH3 is 1. The first kappa shape index (κ1) is 21.7. The van der Waals surface area contributed by atoms with Crippen LogP contribution in [-0.4, -0.2) is 30.6 Å². The van der Waals surface area contributed by atoms with E-state index in [1.807, 2.05) is 37.3 Å². The van der Waals surface area contributed by atoms with E-state index in [0.717, 1.165) is 17.0 Å². The third-order valence-corrected chi connectivity index (χ3v) is 6.11. The number of hydrogen-bond donors (Lipinski definition) is 2. The van der Waals surface area contributed by atoms with Crippen LogP contribution in [-0.2, 0) is 14.3 Å². The highest BCUT2D eigenvalue weighted by Gasteiger charge is 2.41. The Morgan fingerprint density at radius 2 is 1.88 bits per heavy atom. The van der Waals surface area contributed by atoms with Gasteiger partial charge in [-0.2, -0.15) is 0 Å². The van der Waals surface area contributed by atoms with Crippen molar-refractivity contribution in [2.75, 3.05) is 13.7 Å². The maximum atomic E-state index is 13.5. The average Bonchev–Trinajstić information content (AvgIpc) is 2.78. The van der Waals surface area contributed by atoms with E-state index in [-0.39, 0.29) is 24.1 Å². The highest BCUT2D eigenvalue weighted by Crippen LogP contribution is 2.46. The Kier molecular flexibility index (Phi) is 6.04. The largest absolute Gasteiger partial charge is 0.508 e. The predicted molar refractivity (Wildman–Crippen MR) is 120 cm³/mol. The summed E-state index contributed by atoms with van der Waals surface area (Å²) >= 11 is 0. The number of phenolic OH excluding ortho intramolecular Hbond substituents is 1. The van der Waals surface area contributed by atoms with Gasteiger partial charge in [-0.1, -0.05) is 24.3 Å². The monoisotopic (exact) mass is 433 g/mol. The lowest BCUT2D eigenvalue weighted by Gasteiger charge is -2.36. The van der Waals surface area contributed by atoms with E-state index in [0.29, 0.717) is 35.2 Å². The zero-order valence-electron chi connectivity index (χ0n) is 18.5. The maximum Gasteiger partial charge on any atom is 0.336 e. The Hall–Kier alpha value is -3.54. The van der Waals surface area contributed by atoms with Gasteiger partial charge in [0.25, 0.3) is 0 Å². The molecular weight excluding hydrogens is 406 g/mol.